The molecule has 0 fully saturated rings. The lowest BCUT2D eigenvalue weighted by Gasteiger charge is -2.40. The van der Waals surface area contributed by atoms with Crippen molar-refractivity contribution in [2.75, 3.05) is 0 Å². The molecule has 0 amide bonds. The number of hydrogen-bond donors (Lipinski definition) is 0. The van der Waals surface area contributed by atoms with Crippen LogP contribution in [-0.2, 0) is 19.3 Å². The van der Waals surface area contributed by atoms with Crippen LogP contribution in [0, 0.1) is 0 Å². The number of unbranched alkanes of at least 4 members (excludes halogenated alkanes) is 4. The Morgan fingerprint density at radius 1 is 0.475 bits per heavy atom. The van der Waals surface area contributed by atoms with E-state index in [1.54, 1.807) is 21.1 Å². The third-order valence-corrected chi connectivity index (χ3v) is 14.2. The summed E-state index contributed by atoms with van der Waals surface area (Å²) in [6.07, 6.45) is 22.1. The average Bonchev–Trinajstić information content (AvgIpc) is 3.47. The van der Waals surface area contributed by atoms with Crippen LogP contribution < -0.4 is 15.6 Å². The highest BCUT2D eigenvalue weighted by Gasteiger charge is 2.47. The van der Waals surface area contributed by atoms with E-state index in [1.165, 1.54) is 93.7 Å². The largest absolute Gasteiger partial charge is 0.158 e. The molecule has 0 spiro atoms. The highest BCUT2D eigenvalue weighted by Crippen LogP contribution is 2.38. The summed E-state index contributed by atoms with van der Waals surface area (Å²) in [7, 11) is -2.42. The zero-order valence-corrected chi connectivity index (χ0v) is 26.7. The van der Waals surface area contributed by atoms with Crippen molar-refractivity contribution in [3.05, 3.63) is 113 Å². The van der Waals surface area contributed by atoms with E-state index >= 15 is 0 Å². The zero-order valence-electron chi connectivity index (χ0n) is 25.7. The molecular formula is C39H52Si. The number of hydrogen-bond acceptors (Lipinski definition) is 0. The van der Waals surface area contributed by atoms with E-state index in [1.807, 2.05) is 0 Å². The van der Waals surface area contributed by atoms with E-state index in [2.05, 4.69) is 119 Å². The molecule has 1 heteroatoms. The molecule has 1 aliphatic carbocycles. The first-order chi connectivity index (χ1) is 19.7. The molecule has 0 N–H and O–H groups in total. The summed E-state index contributed by atoms with van der Waals surface area (Å²) < 4.78 is 0. The van der Waals surface area contributed by atoms with Gasteiger partial charge in [-0.2, -0.15) is 0 Å². The molecule has 3 aromatic carbocycles. The predicted octanol–water partition coefficient (Wildman–Crippen LogP) is 9.24. The smallest absolute Gasteiger partial charge is 0.0790 e. The number of aryl methyl sites for hydroxylation is 3. The van der Waals surface area contributed by atoms with Gasteiger partial charge in [0.2, 0.25) is 0 Å². The second kappa shape index (κ2) is 15.4. The summed E-state index contributed by atoms with van der Waals surface area (Å²) in [6.45, 7) is 9.19. The molecule has 0 heterocycles. The third-order valence-electron chi connectivity index (χ3n) is 8.98. The van der Waals surface area contributed by atoms with Crippen molar-refractivity contribution in [2.45, 2.75) is 110 Å². The quantitative estimate of drug-likeness (QED) is 0.124. The van der Waals surface area contributed by atoms with Crippen molar-refractivity contribution in [1.82, 2.24) is 0 Å². The summed E-state index contributed by atoms with van der Waals surface area (Å²) in [5, 5.41) is 4.65. The Morgan fingerprint density at radius 2 is 0.825 bits per heavy atom. The first-order valence-corrected chi connectivity index (χ1v) is 18.4. The lowest BCUT2D eigenvalue weighted by atomic mass is 10.1. The van der Waals surface area contributed by atoms with Crippen LogP contribution in [0.25, 0.3) is 0 Å². The molecule has 4 rings (SSSR count). The van der Waals surface area contributed by atoms with Gasteiger partial charge >= 0.3 is 0 Å². The van der Waals surface area contributed by atoms with Crippen molar-refractivity contribution in [3.8, 4) is 0 Å². The van der Waals surface area contributed by atoms with Gasteiger partial charge in [-0.3, -0.25) is 0 Å². The lowest BCUT2D eigenvalue weighted by molar-refractivity contribution is 0.776. The summed E-state index contributed by atoms with van der Waals surface area (Å²) in [5.41, 5.74) is 6.50. The maximum Gasteiger partial charge on any atom is 0.158 e. The molecular weight excluding hydrogens is 497 g/mol. The van der Waals surface area contributed by atoms with E-state index in [0.29, 0.717) is 5.54 Å². The molecule has 0 aliphatic heterocycles. The van der Waals surface area contributed by atoms with Gasteiger partial charge in [0.05, 0.1) is 0 Å². The topological polar surface area (TPSA) is 0 Å². The normalized spacial score (nSPS) is 15.0. The van der Waals surface area contributed by atoms with Gasteiger partial charge in [0.15, 0.2) is 8.07 Å². The maximum atomic E-state index is 2.55. The summed E-state index contributed by atoms with van der Waals surface area (Å²) >= 11 is 0. The molecule has 1 aliphatic rings. The van der Waals surface area contributed by atoms with Crippen molar-refractivity contribution < 1.29 is 0 Å². The Balaban J connectivity index is 1.90. The Hall–Kier alpha value is -2.64. The summed E-state index contributed by atoms with van der Waals surface area (Å²) in [5.74, 6) is 0. The Bertz CT molecular complexity index is 1090. The Kier molecular flexibility index (Phi) is 11.7. The number of allylic oxidation sites excluding steroid dienone is 4. The van der Waals surface area contributed by atoms with Crippen molar-refractivity contribution in [2.24, 2.45) is 0 Å². The zero-order chi connectivity index (χ0) is 28.2. The van der Waals surface area contributed by atoms with Gasteiger partial charge in [-0.1, -0.05) is 150 Å². The van der Waals surface area contributed by atoms with E-state index in [-0.39, 0.29) is 0 Å². The maximum absolute atomic E-state index is 2.55. The minimum Gasteiger partial charge on any atom is -0.0790 e. The van der Waals surface area contributed by atoms with Gasteiger partial charge in [-0.05, 0) is 83.6 Å². The SMILES string of the molecule is CCCCC1=CC=CC1[Si](c1ccc(CCCC)cc1)(c1ccc(CCCC)cc1)c1ccc(CCCC)cc1. The van der Waals surface area contributed by atoms with Crippen molar-refractivity contribution in [3.63, 3.8) is 0 Å². The van der Waals surface area contributed by atoms with Crippen molar-refractivity contribution >= 4 is 23.6 Å². The van der Waals surface area contributed by atoms with Gasteiger partial charge < -0.3 is 0 Å². The molecule has 1 atom stereocenters. The average molecular weight is 549 g/mol. The molecule has 0 saturated carbocycles. The fourth-order valence-corrected chi connectivity index (χ4v) is 11.9. The van der Waals surface area contributed by atoms with Crippen LogP contribution in [0.5, 0.6) is 0 Å². The fraction of sp³-hybridized carbons (Fsp3) is 0.436. The van der Waals surface area contributed by atoms with Gasteiger partial charge in [-0.15, -0.1) is 0 Å². The Labute approximate surface area is 246 Å². The highest BCUT2D eigenvalue weighted by atomic mass is 28.3. The minimum atomic E-state index is -2.42. The lowest BCUT2D eigenvalue weighted by Crippen LogP contribution is -2.69. The third kappa shape index (κ3) is 6.97. The first-order valence-electron chi connectivity index (χ1n) is 16.3. The van der Waals surface area contributed by atoms with Crippen LogP contribution in [0.4, 0.5) is 0 Å². The second-order valence-electron chi connectivity index (χ2n) is 11.9. The molecule has 0 saturated heterocycles. The molecule has 3 aromatic rings. The van der Waals surface area contributed by atoms with Crippen LogP contribution in [0.2, 0.25) is 5.54 Å². The van der Waals surface area contributed by atoms with Crippen LogP contribution in [0.15, 0.2) is 96.6 Å². The summed E-state index contributed by atoms with van der Waals surface area (Å²) in [4.78, 5) is 0. The van der Waals surface area contributed by atoms with Crippen LogP contribution in [0.1, 0.15) is 102 Å². The van der Waals surface area contributed by atoms with Crippen LogP contribution in [0.3, 0.4) is 0 Å². The molecule has 0 radical (unpaired) electrons. The number of rotatable bonds is 16. The van der Waals surface area contributed by atoms with Gasteiger partial charge in [0.1, 0.15) is 0 Å². The Morgan fingerprint density at radius 3 is 1.18 bits per heavy atom. The molecule has 212 valence electrons. The number of benzene rings is 3. The first kappa shape index (κ1) is 30.3. The molecule has 1 unspecified atom stereocenters. The van der Waals surface area contributed by atoms with Crippen LogP contribution >= 0.6 is 0 Å². The predicted molar refractivity (Wildman–Crippen MR) is 180 cm³/mol. The van der Waals surface area contributed by atoms with Gasteiger partial charge in [0.25, 0.3) is 0 Å². The van der Waals surface area contributed by atoms with E-state index in [4.69, 9.17) is 0 Å². The minimum absolute atomic E-state index is 0.448. The van der Waals surface area contributed by atoms with Gasteiger partial charge in [-0.25, -0.2) is 0 Å². The van der Waals surface area contributed by atoms with Gasteiger partial charge in [0, 0.05) is 5.54 Å². The second-order valence-corrected chi connectivity index (χ2v) is 15.9. The molecule has 0 nitrogen and oxygen atoms in total. The standard InChI is InChI=1S/C39H52Si/c1-5-9-14-32-20-26-36(27-21-32)40(39-19-13-18-35(39)17-12-8-4,37-28-22-33(23-29-37)15-10-6-2)38-30-24-34(25-31-38)16-11-7-3/h13,18-31,39H,5-12,14-17H2,1-4H3. The fourth-order valence-electron chi connectivity index (χ4n) is 6.54. The monoisotopic (exact) mass is 548 g/mol. The summed E-state index contributed by atoms with van der Waals surface area (Å²) in [6, 6.07) is 29.7. The van der Waals surface area contributed by atoms with E-state index in [9.17, 15) is 0 Å². The highest BCUT2D eigenvalue weighted by molar-refractivity contribution is 7.13. The molecule has 0 bridgehead atoms. The van der Waals surface area contributed by atoms with E-state index < -0.39 is 8.07 Å². The molecule has 0 aromatic heterocycles. The van der Waals surface area contributed by atoms with Crippen LogP contribution in [-0.4, -0.2) is 8.07 Å². The molecule has 40 heavy (non-hydrogen) atoms. The van der Waals surface area contributed by atoms with E-state index in [0.717, 1.165) is 0 Å². The van der Waals surface area contributed by atoms with Crippen molar-refractivity contribution in [1.29, 1.82) is 0 Å².